The molecule has 0 radical (unpaired) electrons. The average Bonchev–Trinajstić information content (AvgIpc) is 2.81. The van der Waals surface area contributed by atoms with E-state index in [0.29, 0.717) is 10.8 Å². The first kappa shape index (κ1) is 23.9. The fourth-order valence-corrected chi connectivity index (χ4v) is 4.11. The van der Waals surface area contributed by atoms with Crippen molar-refractivity contribution in [1.29, 1.82) is 0 Å². The SMILES string of the molecule is CC(=O)[C@@H](OC(C)(C)C)c1c(COc2cncnc2)cc2ccccc2c1-c1ccc(Cl)cc1. The second-order valence-corrected chi connectivity index (χ2v) is 9.57. The first-order valence-electron chi connectivity index (χ1n) is 11.1. The van der Waals surface area contributed by atoms with Crippen molar-refractivity contribution < 1.29 is 14.3 Å². The Morgan fingerprint density at radius 2 is 1.71 bits per heavy atom. The Morgan fingerprint density at radius 1 is 1.03 bits per heavy atom. The van der Waals surface area contributed by atoms with Gasteiger partial charge < -0.3 is 9.47 Å². The van der Waals surface area contributed by atoms with Crippen LogP contribution in [0.2, 0.25) is 5.02 Å². The molecule has 0 N–H and O–H groups in total. The van der Waals surface area contributed by atoms with E-state index in [1.165, 1.54) is 6.33 Å². The van der Waals surface area contributed by atoms with Crippen LogP contribution in [-0.4, -0.2) is 21.4 Å². The van der Waals surface area contributed by atoms with E-state index >= 15 is 0 Å². The zero-order valence-corrected chi connectivity index (χ0v) is 20.5. The molecule has 1 aromatic heterocycles. The molecule has 0 aliphatic heterocycles. The number of aromatic nitrogens is 2. The third-order valence-electron chi connectivity index (χ3n) is 5.34. The van der Waals surface area contributed by atoms with Gasteiger partial charge in [-0.05, 0) is 73.4 Å². The molecule has 0 bridgehead atoms. The molecular formula is C28H27ClN2O3. The number of ether oxygens (including phenoxy) is 2. The van der Waals surface area contributed by atoms with E-state index < -0.39 is 11.7 Å². The molecule has 0 spiro atoms. The number of nitrogens with zero attached hydrogens (tertiary/aromatic N) is 2. The second kappa shape index (κ2) is 9.92. The summed E-state index contributed by atoms with van der Waals surface area (Å²) in [7, 11) is 0. The highest BCUT2D eigenvalue weighted by Gasteiger charge is 2.30. The molecule has 0 saturated carbocycles. The van der Waals surface area contributed by atoms with Crippen molar-refractivity contribution in [1.82, 2.24) is 9.97 Å². The minimum Gasteiger partial charge on any atom is -0.486 e. The van der Waals surface area contributed by atoms with E-state index in [1.54, 1.807) is 19.3 Å². The lowest BCUT2D eigenvalue weighted by Gasteiger charge is -2.30. The standard InChI is InChI=1S/C28H27ClN2O3/c1-18(32)27(34-28(2,3)4)26-21(16-33-23-14-30-17-31-15-23)13-20-7-5-6-8-24(20)25(26)19-9-11-22(29)12-10-19/h5-15,17,27H,16H2,1-4H3/t27-/m1/s1. The lowest BCUT2D eigenvalue weighted by molar-refractivity contribution is -0.138. The molecule has 1 heterocycles. The maximum atomic E-state index is 13.0. The fourth-order valence-electron chi connectivity index (χ4n) is 3.99. The second-order valence-electron chi connectivity index (χ2n) is 9.14. The molecule has 0 unspecified atom stereocenters. The normalized spacial score (nSPS) is 12.5. The lowest BCUT2D eigenvalue weighted by atomic mass is 9.86. The molecule has 0 amide bonds. The predicted molar refractivity (Wildman–Crippen MR) is 135 cm³/mol. The Balaban J connectivity index is 1.99. The van der Waals surface area contributed by atoms with Crippen LogP contribution in [-0.2, 0) is 16.1 Å². The molecule has 0 saturated heterocycles. The van der Waals surface area contributed by atoms with Gasteiger partial charge in [-0.25, -0.2) is 9.97 Å². The molecule has 0 aliphatic carbocycles. The largest absolute Gasteiger partial charge is 0.486 e. The number of carbonyl (C=O) groups is 1. The summed E-state index contributed by atoms with van der Waals surface area (Å²) in [6.07, 6.45) is 3.90. The summed E-state index contributed by atoms with van der Waals surface area (Å²) in [5.41, 5.74) is 2.99. The molecule has 6 heteroatoms. The maximum absolute atomic E-state index is 13.0. The summed E-state index contributed by atoms with van der Waals surface area (Å²) in [4.78, 5) is 21.1. The van der Waals surface area contributed by atoms with Crippen molar-refractivity contribution >= 4 is 28.2 Å². The summed E-state index contributed by atoms with van der Waals surface area (Å²) in [5.74, 6) is 0.468. The number of hydrogen-bond acceptors (Lipinski definition) is 5. The first-order valence-corrected chi connectivity index (χ1v) is 11.5. The molecular weight excluding hydrogens is 448 g/mol. The number of benzene rings is 3. The Morgan fingerprint density at radius 3 is 2.35 bits per heavy atom. The number of fused-ring (bicyclic) bond motifs is 1. The van der Waals surface area contributed by atoms with Gasteiger partial charge in [-0.2, -0.15) is 0 Å². The zero-order chi connectivity index (χ0) is 24.3. The molecule has 5 nitrogen and oxygen atoms in total. The molecule has 4 rings (SSSR count). The average molecular weight is 475 g/mol. The van der Waals surface area contributed by atoms with E-state index in [1.807, 2.05) is 57.2 Å². The summed E-state index contributed by atoms with van der Waals surface area (Å²) in [6, 6.07) is 17.8. The van der Waals surface area contributed by atoms with Crippen LogP contribution < -0.4 is 4.74 Å². The third kappa shape index (κ3) is 5.44. The van der Waals surface area contributed by atoms with Gasteiger partial charge in [0.25, 0.3) is 0 Å². The van der Waals surface area contributed by atoms with Crippen molar-refractivity contribution in [2.45, 2.75) is 46.0 Å². The van der Waals surface area contributed by atoms with E-state index in [4.69, 9.17) is 21.1 Å². The highest BCUT2D eigenvalue weighted by Crippen LogP contribution is 2.41. The zero-order valence-electron chi connectivity index (χ0n) is 19.7. The minimum absolute atomic E-state index is 0.0790. The van der Waals surface area contributed by atoms with E-state index in [-0.39, 0.29) is 12.4 Å². The van der Waals surface area contributed by atoms with E-state index in [9.17, 15) is 4.79 Å². The van der Waals surface area contributed by atoms with Crippen molar-refractivity contribution in [3.8, 4) is 16.9 Å². The summed E-state index contributed by atoms with van der Waals surface area (Å²) < 4.78 is 12.4. The highest BCUT2D eigenvalue weighted by atomic mass is 35.5. The van der Waals surface area contributed by atoms with Crippen molar-refractivity contribution in [2.75, 3.05) is 0 Å². The van der Waals surface area contributed by atoms with Crippen LogP contribution in [0, 0.1) is 0 Å². The smallest absolute Gasteiger partial charge is 0.163 e. The first-order chi connectivity index (χ1) is 16.2. The highest BCUT2D eigenvalue weighted by molar-refractivity contribution is 6.30. The van der Waals surface area contributed by atoms with Gasteiger partial charge in [0.15, 0.2) is 11.5 Å². The van der Waals surface area contributed by atoms with E-state index in [2.05, 4.69) is 28.2 Å². The van der Waals surface area contributed by atoms with Crippen LogP contribution in [0.1, 0.15) is 44.9 Å². The topological polar surface area (TPSA) is 61.3 Å². The molecule has 174 valence electrons. The molecule has 3 aromatic carbocycles. The van der Waals surface area contributed by atoms with Crippen LogP contribution in [0.5, 0.6) is 5.75 Å². The van der Waals surface area contributed by atoms with Crippen molar-refractivity contribution in [3.05, 3.63) is 89.5 Å². The fraction of sp³-hybridized carbons (Fsp3) is 0.250. The number of hydrogen-bond donors (Lipinski definition) is 0. The molecule has 1 atom stereocenters. The Kier molecular flexibility index (Phi) is 6.96. The molecule has 34 heavy (non-hydrogen) atoms. The van der Waals surface area contributed by atoms with Gasteiger partial charge in [0.05, 0.1) is 18.0 Å². The quantitative estimate of drug-likeness (QED) is 0.289. The van der Waals surface area contributed by atoms with Crippen LogP contribution >= 0.6 is 11.6 Å². The van der Waals surface area contributed by atoms with Crippen molar-refractivity contribution in [3.63, 3.8) is 0 Å². The minimum atomic E-state index is -0.777. The molecule has 0 aliphatic rings. The Labute approximate surface area is 204 Å². The summed E-state index contributed by atoms with van der Waals surface area (Å²) in [6.45, 7) is 7.63. The monoisotopic (exact) mass is 474 g/mol. The number of ketones is 1. The molecule has 4 aromatic rings. The predicted octanol–water partition coefficient (Wildman–Crippen LogP) is 6.97. The van der Waals surface area contributed by atoms with Gasteiger partial charge in [0.2, 0.25) is 0 Å². The third-order valence-corrected chi connectivity index (χ3v) is 5.59. The van der Waals surface area contributed by atoms with Crippen LogP contribution in [0.15, 0.2) is 73.3 Å². The molecule has 0 fully saturated rings. The van der Waals surface area contributed by atoms with E-state index in [0.717, 1.165) is 33.0 Å². The van der Waals surface area contributed by atoms with Crippen LogP contribution in [0.4, 0.5) is 0 Å². The van der Waals surface area contributed by atoms with Crippen molar-refractivity contribution in [2.24, 2.45) is 0 Å². The number of Topliss-reactive ketones (excluding diaryl/α,β-unsaturated/α-hetero) is 1. The van der Waals surface area contributed by atoms with Gasteiger partial charge in [-0.15, -0.1) is 0 Å². The van der Waals surface area contributed by atoms with Gasteiger partial charge >= 0.3 is 0 Å². The maximum Gasteiger partial charge on any atom is 0.163 e. The summed E-state index contributed by atoms with van der Waals surface area (Å²) in [5, 5.41) is 2.71. The summed E-state index contributed by atoms with van der Waals surface area (Å²) >= 11 is 6.20. The van der Waals surface area contributed by atoms with Gasteiger partial charge in [-0.1, -0.05) is 48.0 Å². The van der Waals surface area contributed by atoms with Crippen LogP contribution in [0.3, 0.4) is 0 Å². The van der Waals surface area contributed by atoms with Gasteiger partial charge in [0.1, 0.15) is 19.0 Å². The number of halogens is 1. The number of carbonyl (C=O) groups excluding carboxylic acids is 1. The Hall–Kier alpha value is -3.28. The lowest BCUT2D eigenvalue weighted by Crippen LogP contribution is -2.27. The number of rotatable bonds is 7. The van der Waals surface area contributed by atoms with Crippen LogP contribution in [0.25, 0.3) is 21.9 Å². The Bertz CT molecular complexity index is 1300. The van der Waals surface area contributed by atoms with Gasteiger partial charge in [-0.3, -0.25) is 4.79 Å². The van der Waals surface area contributed by atoms with Gasteiger partial charge in [0, 0.05) is 10.6 Å².